The van der Waals surface area contributed by atoms with Crippen LogP contribution in [0.25, 0.3) is 0 Å². The number of rotatable bonds is 9. The summed E-state index contributed by atoms with van der Waals surface area (Å²) in [5.74, 6) is 1.79. The fourth-order valence-electron chi connectivity index (χ4n) is 2.29. The summed E-state index contributed by atoms with van der Waals surface area (Å²) in [7, 11) is 0. The number of aromatic nitrogens is 1. The van der Waals surface area contributed by atoms with Crippen molar-refractivity contribution in [2.75, 3.05) is 25.0 Å². The molecule has 1 N–H and O–H groups in total. The molecule has 0 aliphatic carbocycles. The van der Waals surface area contributed by atoms with Crippen LogP contribution >= 0.6 is 0 Å². The largest absolute Gasteiger partial charge is 0.370 e. The number of hydrogen-bond donors (Lipinski definition) is 1. The summed E-state index contributed by atoms with van der Waals surface area (Å²) < 4.78 is 0. The first-order valence-corrected chi connectivity index (χ1v) is 7.65. The molecule has 1 heterocycles. The lowest BCUT2D eigenvalue weighted by molar-refractivity contribution is 0.224. The molecule has 0 aliphatic rings. The second-order valence-corrected chi connectivity index (χ2v) is 5.05. The maximum absolute atomic E-state index is 4.66. The molecule has 0 amide bonds. The van der Waals surface area contributed by atoms with Crippen LogP contribution in [0, 0.1) is 5.92 Å². The third kappa shape index (κ3) is 5.60. The highest BCUT2D eigenvalue weighted by atomic mass is 15.1. The van der Waals surface area contributed by atoms with Crippen molar-refractivity contribution in [2.24, 2.45) is 5.92 Å². The molecule has 3 heteroatoms. The van der Waals surface area contributed by atoms with Gasteiger partial charge >= 0.3 is 0 Å². The molecule has 108 valence electrons. The Morgan fingerprint density at radius 2 is 1.89 bits per heavy atom. The maximum Gasteiger partial charge on any atom is 0.126 e. The number of anilines is 1. The van der Waals surface area contributed by atoms with Crippen LogP contribution in [-0.4, -0.2) is 29.5 Å². The summed E-state index contributed by atoms with van der Waals surface area (Å²) in [5, 5.41) is 3.27. The second kappa shape index (κ2) is 8.92. The van der Waals surface area contributed by atoms with E-state index in [0.717, 1.165) is 37.1 Å². The van der Waals surface area contributed by atoms with Gasteiger partial charge in [-0.1, -0.05) is 39.7 Å². The Hall–Kier alpha value is -1.09. The zero-order chi connectivity index (χ0) is 14.1. The van der Waals surface area contributed by atoms with Crippen LogP contribution in [0.1, 0.15) is 46.2 Å². The summed E-state index contributed by atoms with van der Waals surface area (Å²) in [6, 6.07) is 6.24. The van der Waals surface area contributed by atoms with Crippen LogP contribution < -0.4 is 5.32 Å². The fraction of sp³-hybridized carbons (Fsp3) is 0.688. The summed E-state index contributed by atoms with van der Waals surface area (Å²) in [4.78, 5) is 7.15. The van der Waals surface area contributed by atoms with Crippen molar-refractivity contribution in [1.29, 1.82) is 0 Å². The van der Waals surface area contributed by atoms with Crippen LogP contribution in [0.3, 0.4) is 0 Å². The van der Waals surface area contributed by atoms with Crippen molar-refractivity contribution >= 4 is 5.82 Å². The predicted molar refractivity (Wildman–Crippen MR) is 83.4 cm³/mol. The molecule has 0 aliphatic heterocycles. The Labute approximate surface area is 118 Å². The highest BCUT2D eigenvalue weighted by Crippen LogP contribution is 2.13. The molecule has 0 bridgehead atoms. The van der Waals surface area contributed by atoms with E-state index in [-0.39, 0.29) is 0 Å². The molecule has 1 aromatic heterocycles. The molecule has 0 radical (unpaired) electrons. The molecule has 19 heavy (non-hydrogen) atoms. The number of hydrogen-bond acceptors (Lipinski definition) is 3. The topological polar surface area (TPSA) is 28.2 Å². The number of nitrogens with zero attached hydrogens (tertiary/aromatic N) is 2. The van der Waals surface area contributed by atoms with E-state index in [1.54, 1.807) is 0 Å². The summed E-state index contributed by atoms with van der Waals surface area (Å²) in [6.07, 6.45) is 2.52. The Morgan fingerprint density at radius 3 is 2.47 bits per heavy atom. The molecule has 0 saturated carbocycles. The molecule has 3 nitrogen and oxygen atoms in total. The highest BCUT2D eigenvalue weighted by Gasteiger charge is 2.11. The zero-order valence-corrected chi connectivity index (χ0v) is 12.9. The molecule has 0 aromatic carbocycles. The van der Waals surface area contributed by atoms with Gasteiger partial charge in [0.2, 0.25) is 0 Å². The average molecular weight is 263 g/mol. The molecule has 0 saturated heterocycles. The average Bonchev–Trinajstić information content (AvgIpc) is 2.44. The van der Waals surface area contributed by atoms with Crippen LogP contribution in [0.4, 0.5) is 5.82 Å². The third-order valence-corrected chi connectivity index (χ3v) is 3.67. The van der Waals surface area contributed by atoms with E-state index in [1.165, 1.54) is 19.4 Å². The van der Waals surface area contributed by atoms with Gasteiger partial charge in [-0.05, 0) is 31.5 Å². The Kier molecular flexibility index (Phi) is 7.49. The SMILES string of the molecule is CCNc1cccc(CN(CC)CC(CC)CC)n1. The monoisotopic (exact) mass is 263 g/mol. The van der Waals surface area contributed by atoms with Crippen LogP contribution in [0.5, 0.6) is 0 Å². The van der Waals surface area contributed by atoms with Gasteiger partial charge in [0.25, 0.3) is 0 Å². The van der Waals surface area contributed by atoms with E-state index in [2.05, 4.69) is 55.0 Å². The minimum Gasteiger partial charge on any atom is -0.370 e. The van der Waals surface area contributed by atoms with Gasteiger partial charge in [0.1, 0.15) is 5.82 Å². The first-order valence-electron chi connectivity index (χ1n) is 7.65. The van der Waals surface area contributed by atoms with Crippen molar-refractivity contribution < 1.29 is 0 Å². The lowest BCUT2D eigenvalue weighted by Crippen LogP contribution is -2.29. The lowest BCUT2D eigenvalue weighted by Gasteiger charge is -2.25. The van der Waals surface area contributed by atoms with Crippen LogP contribution in [-0.2, 0) is 6.54 Å². The van der Waals surface area contributed by atoms with Crippen LogP contribution in [0.15, 0.2) is 18.2 Å². The second-order valence-electron chi connectivity index (χ2n) is 5.05. The first-order chi connectivity index (χ1) is 9.23. The maximum atomic E-state index is 4.66. The summed E-state index contributed by atoms with van der Waals surface area (Å²) in [5.41, 5.74) is 1.16. The lowest BCUT2D eigenvalue weighted by atomic mass is 10.0. The molecule has 0 atom stereocenters. The van der Waals surface area contributed by atoms with E-state index in [1.807, 2.05) is 6.07 Å². The van der Waals surface area contributed by atoms with Gasteiger partial charge in [0.15, 0.2) is 0 Å². The number of nitrogens with one attached hydrogen (secondary N) is 1. The van der Waals surface area contributed by atoms with E-state index in [9.17, 15) is 0 Å². The minimum atomic E-state index is 0.803. The molecular formula is C16H29N3. The fourth-order valence-corrected chi connectivity index (χ4v) is 2.29. The van der Waals surface area contributed by atoms with Gasteiger partial charge in [-0.3, -0.25) is 4.90 Å². The van der Waals surface area contributed by atoms with Crippen molar-refractivity contribution in [2.45, 2.75) is 47.1 Å². The zero-order valence-electron chi connectivity index (χ0n) is 12.9. The van der Waals surface area contributed by atoms with E-state index >= 15 is 0 Å². The van der Waals surface area contributed by atoms with Crippen molar-refractivity contribution in [3.8, 4) is 0 Å². The molecule has 1 rings (SSSR count). The van der Waals surface area contributed by atoms with Crippen molar-refractivity contribution in [1.82, 2.24) is 9.88 Å². The highest BCUT2D eigenvalue weighted by molar-refractivity contribution is 5.34. The van der Waals surface area contributed by atoms with Crippen LogP contribution in [0.2, 0.25) is 0 Å². The summed E-state index contributed by atoms with van der Waals surface area (Å²) in [6.45, 7) is 13.0. The van der Waals surface area contributed by atoms with Gasteiger partial charge in [-0.15, -0.1) is 0 Å². The van der Waals surface area contributed by atoms with Gasteiger partial charge in [-0.2, -0.15) is 0 Å². The normalized spacial score (nSPS) is 11.3. The Bertz CT molecular complexity index is 348. The smallest absolute Gasteiger partial charge is 0.126 e. The number of pyridine rings is 1. The van der Waals surface area contributed by atoms with E-state index in [0.29, 0.717) is 0 Å². The third-order valence-electron chi connectivity index (χ3n) is 3.67. The summed E-state index contributed by atoms with van der Waals surface area (Å²) >= 11 is 0. The quantitative estimate of drug-likeness (QED) is 0.735. The molecule has 1 aromatic rings. The molecule has 0 fully saturated rings. The van der Waals surface area contributed by atoms with Gasteiger partial charge in [0, 0.05) is 19.6 Å². The van der Waals surface area contributed by atoms with E-state index in [4.69, 9.17) is 0 Å². The standard InChI is InChI=1S/C16H29N3/c1-5-14(6-2)12-19(8-4)13-15-10-9-11-16(18-15)17-7-3/h9-11,14H,5-8,12-13H2,1-4H3,(H,17,18). The molecular weight excluding hydrogens is 234 g/mol. The van der Waals surface area contributed by atoms with Gasteiger partial charge in [0.05, 0.1) is 5.69 Å². The van der Waals surface area contributed by atoms with E-state index < -0.39 is 0 Å². The van der Waals surface area contributed by atoms with Crippen molar-refractivity contribution in [3.63, 3.8) is 0 Å². The first kappa shape index (κ1) is 16.0. The Balaban J connectivity index is 2.61. The Morgan fingerprint density at radius 1 is 1.16 bits per heavy atom. The van der Waals surface area contributed by atoms with Gasteiger partial charge in [-0.25, -0.2) is 4.98 Å². The predicted octanol–water partition coefficient (Wildman–Crippen LogP) is 3.77. The minimum absolute atomic E-state index is 0.803. The van der Waals surface area contributed by atoms with Gasteiger partial charge < -0.3 is 5.32 Å². The molecule has 0 unspecified atom stereocenters. The van der Waals surface area contributed by atoms with Crippen molar-refractivity contribution in [3.05, 3.63) is 23.9 Å². The molecule has 0 spiro atoms.